The fraction of sp³-hybridized carbons (Fsp3) is 0.310. The van der Waals surface area contributed by atoms with E-state index in [1.54, 1.807) is 12.1 Å². The number of rotatable bonds is 5. The molecule has 1 amide bonds. The highest BCUT2D eigenvalue weighted by atomic mass is 19.1. The molecule has 1 aliphatic heterocycles. The monoisotopic (exact) mass is 470 g/mol. The number of fused-ring (bicyclic) bond motifs is 1. The number of nitrogens with zero attached hydrogens (tertiary/aromatic N) is 4. The van der Waals surface area contributed by atoms with Gasteiger partial charge in [0.05, 0.1) is 11.4 Å². The van der Waals surface area contributed by atoms with Gasteiger partial charge in [0.25, 0.3) is 0 Å². The van der Waals surface area contributed by atoms with E-state index in [9.17, 15) is 9.18 Å². The third-order valence-electron chi connectivity index (χ3n) is 6.74. The number of carbonyl (C=O) groups is 1. The molecule has 4 aromatic rings. The van der Waals surface area contributed by atoms with Gasteiger partial charge in [-0.2, -0.15) is 0 Å². The Bertz CT molecular complexity index is 1350. The number of pyridine rings is 1. The fourth-order valence-corrected chi connectivity index (χ4v) is 4.78. The van der Waals surface area contributed by atoms with Crippen LogP contribution >= 0.6 is 0 Å². The summed E-state index contributed by atoms with van der Waals surface area (Å²) in [5.41, 5.74) is 7.21. The average molecular weight is 471 g/mol. The summed E-state index contributed by atoms with van der Waals surface area (Å²) in [6.07, 6.45) is 2.15. The summed E-state index contributed by atoms with van der Waals surface area (Å²) in [5.74, 6) is -0.0218. The van der Waals surface area contributed by atoms with Gasteiger partial charge in [-0.25, -0.2) is 9.37 Å². The van der Waals surface area contributed by atoms with Gasteiger partial charge in [-0.05, 0) is 54.4 Å². The lowest BCUT2D eigenvalue weighted by atomic mass is 10.1. The van der Waals surface area contributed by atoms with Crippen LogP contribution in [-0.2, 0) is 11.3 Å². The molecule has 1 saturated heterocycles. The van der Waals surface area contributed by atoms with Crippen LogP contribution in [0.1, 0.15) is 25.1 Å². The van der Waals surface area contributed by atoms with E-state index in [2.05, 4.69) is 52.8 Å². The first kappa shape index (κ1) is 23.2. The molecule has 0 radical (unpaired) electrons. The van der Waals surface area contributed by atoms with E-state index < -0.39 is 0 Å². The number of hydrogen-bond donors (Lipinski definition) is 0. The second-order valence-electron chi connectivity index (χ2n) is 9.69. The Labute approximate surface area is 205 Å². The second-order valence-corrected chi connectivity index (χ2v) is 9.69. The molecule has 35 heavy (non-hydrogen) atoms. The van der Waals surface area contributed by atoms with Crippen molar-refractivity contribution in [1.29, 1.82) is 0 Å². The first-order chi connectivity index (χ1) is 16.9. The number of carbonyl (C=O) groups excluding carboxylic acids is 1. The Hall–Kier alpha value is -3.51. The van der Waals surface area contributed by atoms with E-state index in [1.807, 2.05) is 24.8 Å². The number of benzene rings is 2. The highest BCUT2D eigenvalue weighted by molar-refractivity contribution is 5.78. The van der Waals surface area contributed by atoms with Crippen LogP contribution in [0.25, 0.3) is 28.0 Å². The first-order valence-electron chi connectivity index (χ1n) is 12.2. The lowest BCUT2D eigenvalue weighted by Crippen LogP contribution is -2.49. The number of halogens is 1. The summed E-state index contributed by atoms with van der Waals surface area (Å²) in [4.78, 5) is 21.7. The van der Waals surface area contributed by atoms with Crippen molar-refractivity contribution < 1.29 is 9.18 Å². The molecule has 0 unspecified atom stereocenters. The van der Waals surface area contributed by atoms with Crippen LogP contribution in [0.2, 0.25) is 0 Å². The van der Waals surface area contributed by atoms with Gasteiger partial charge in [-0.15, -0.1) is 0 Å². The molecule has 180 valence electrons. The molecule has 6 heteroatoms. The lowest BCUT2D eigenvalue weighted by molar-refractivity contribution is -0.136. The molecule has 2 aromatic carbocycles. The van der Waals surface area contributed by atoms with Crippen LogP contribution in [0.3, 0.4) is 0 Å². The number of aromatic nitrogens is 2. The second kappa shape index (κ2) is 9.62. The van der Waals surface area contributed by atoms with Crippen molar-refractivity contribution >= 4 is 11.6 Å². The van der Waals surface area contributed by atoms with Crippen LogP contribution in [0.4, 0.5) is 4.39 Å². The maximum absolute atomic E-state index is 13.6. The van der Waals surface area contributed by atoms with Crippen molar-refractivity contribution in [3.63, 3.8) is 0 Å². The molecule has 0 N–H and O–H groups in total. The molecular weight excluding hydrogens is 439 g/mol. The molecule has 0 atom stereocenters. The maximum atomic E-state index is 13.6. The third kappa shape index (κ3) is 4.84. The normalized spacial score (nSPS) is 14.7. The summed E-state index contributed by atoms with van der Waals surface area (Å²) in [5, 5.41) is 0. The Morgan fingerprint density at radius 2 is 1.66 bits per heavy atom. The predicted molar refractivity (Wildman–Crippen MR) is 137 cm³/mol. The van der Waals surface area contributed by atoms with Crippen molar-refractivity contribution in [1.82, 2.24) is 19.2 Å². The van der Waals surface area contributed by atoms with Gasteiger partial charge >= 0.3 is 0 Å². The van der Waals surface area contributed by atoms with Crippen LogP contribution < -0.4 is 0 Å². The predicted octanol–water partition coefficient (Wildman–Crippen LogP) is 5.42. The van der Waals surface area contributed by atoms with Crippen molar-refractivity contribution in [2.45, 2.75) is 27.3 Å². The first-order valence-corrected chi connectivity index (χ1v) is 12.2. The largest absolute Gasteiger partial charge is 0.340 e. The average Bonchev–Trinajstić information content (AvgIpc) is 3.22. The van der Waals surface area contributed by atoms with E-state index in [4.69, 9.17) is 4.98 Å². The van der Waals surface area contributed by atoms with E-state index in [0.29, 0.717) is 6.54 Å². The number of piperazine rings is 1. The quantitative estimate of drug-likeness (QED) is 0.391. The van der Waals surface area contributed by atoms with Gasteiger partial charge < -0.3 is 9.30 Å². The molecule has 0 saturated carbocycles. The van der Waals surface area contributed by atoms with Crippen LogP contribution in [0.5, 0.6) is 0 Å². The molecule has 0 bridgehead atoms. The molecule has 1 fully saturated rings. The van der Waals surface area contributed by atoms with E-state index in [-0.39, 0.29) is 17.6 Å². The zero-order valence-corrected chi connectivity index (χ0v) is 20.5. The standard InChI is InChI=1S/C29H31FN4O/c1-20(2)29(35)33-15-13-32(14-16-33)19-26-28(22-7-10-25(30)11-8-22)31-27-12-9-24(18-34(26)27)23-6-4-5-21(3)17-23/h4-12,17-18,20H,13-16,19H2,1-3H3. The summed E-state index contributed by atoms with van der Waals surface area (Å²) in [6, 6.07) is 19.2. The highest BCUT2D eigenvalue weighted by Crippen LogP contribution is 2.29. The molecule has 5 rings (SSSR count). The summed E-state index contributed by atoms with van der Waals surface area (Å²) in [6.45, 7) is 9.79. The van der Waals surface area contributed by atoms with E-state index in [1.165, 1.54) is 17.7 Å². The van der Waals surface area contributed by atoms with Crippen LogP contribution in [-0.4, -0.2) is 51.3 Å². The van der Waals surface area contributed by atoms with Crippen molar-refractivity contribution in [3.05, 3.63) is 83.9 Å². The van der Waals surface area contributed by atoms with Crippen molar-refractivity contribution in [2.24, 2.45) is 5.92 Å². The van der Waals surface area contributed by atoms with Crippen LogP contribution in [0, 0.1) is 18.7 Å². The minimum absolute atomic E-state index is 0.0189. The molecule has 5 nitrogen and oxygen atoms in total. The zero-order chi connectivity index (χ0) is 24.5. The molecular formula is C29H31FN4O. The minimum Gasteiger partial charge on any atom is -0.340 e. The van der Waals surface area contributed by atoms with Gasteiger partial charge in [-0.1, -0.05) is 43.7 Å². The van der Waals surface area contributed by atoms with Gasteiger partial charge in [0.2, 0.25) is 5.91 Å². The number of aryl methyl sites for hydroxylation is 1. The molecule has 2 aromatic heterocycles. The molecule has 0 spiro atoms. The summed E-state index contributed by atoms with van der Waals surface area (Å²) >= 11 is 0. The number of imidazole rings is 1. The maximum Gasteiger partial charge on any atom is 0.225 e. The molecule has 1 aliphatic rings. The van der Waals surface area contributed by atoms with Gasteiger partial charge in [-0.3, -0.25) is 9.69 Å². The van der Waals surface area contributed by atoms with Crippen molar-refractivity contribution in [3.8, 4) is 22.4 Å². The smallest absolute Gasteiger partial charge is 0.225 e. The van der Waals surface area contributed by atoms with Gasteiger partial charge in [0.15, 0.2) is 0 Å². The zero-order valence-electron chi connectivity index (χ0n) is 20.5. The van der Waals surface area contributed by atoms with E-state index >= 15 is 0 Å². The molecule has 3 heterocycles. The van der Waals surface area contributed by atoms with E-state index in [0.717, 1.165) is 59.9 Å². The SMILES string of the molecule is Cc1cccc(-c2ccc3nc(-c4ccc(F)cc4)c(CN4CCN(C(=O)C(C)C)CC4)n3c2)c1. The van der Waals surface area contributed by atoms with Gasteiger partial charge in [0, 0.05) is 50.4 Å². The number of hydrogen-bond acceptors (Lipinski definition) is 3. The Morgan fingerprint density at radius 3 is 2.34 bits per heavy atom. The number of amides is 1. The summed E-state index contributed by atoms with van der Waals surface area (Å²) in [7, 11) is 0. The van der Waals surface area contributed by atoms with Crippen LogP contribution in [0.15, 0.2) is 66.9 Å². The topological polar surface area (TPSA) is 40.9 Å². The Balaban J connectivity index is 1.51. The Kier molecular flexibility index (Phi) is 6.39. The minimum atomic E-state index is -0.258. The highest BCUT2D eigenvalue weighted by Gasteiger charge is 2.25. The molecule has 0 aliphatic carbocycles. The lowest BCUT2D eigenvalue weighted by Gasteiger charge is -2.35. The third-order valence-corrected chi connectivity index (χ3v) is 6.74. The fourth-order valence-electron chi connectivity index (χ4n) is 4.78. The van der Waals surface area contributed by atoms with Gasteiger partial charge in [0.1, 0.15) is 11.5 Å². The van der Waals surface area contributed by atoms with Crippen molar-refractivity contribution in [2.75, 3.05) is 26.2 Å². The summed E-state index contributed by atoms with van der Waals surface area (Å²) < 4.78 is 15.8. The Morgan fingerprint density at radius 1 is 0.943 bits per heavy atom.